The highest BCUT2D eigenvalue weighted by Crippen LogP contribution is 2.20. The van der Waals surface area contributed by atoms with Crippen LogP contribution in [0.3, 0.4) is 0 Å². The first kappa shape index (κ1) is 14.4. The predicted octanol–water partition coefficient (Wildman–Crippen LogP) is 1.83. The van der Waals surface area contributed by atoms with Crippen LogP contribution in [-0.4, -0.2) is 30.5 Å². The molecule has 6 nitrogen and oxygen atoms in total. The summed E-state index contributed by atoms with van der Waals surface area (Å²) in [6.45, 7) is 1.57. The third kappa shape index (κ3) is 3.72. The molecule has 1 aromatic heterocycles. The number of nitrogens with one attached hydrogen (secondary N) is 2. The van der Waals surface area contributed by atoms with Crippen molar-refractivity contribution in [3.63, 3.8) is 0 Å². The number of hydrogen-bond donors (Lipinski definition) is 2. The van der Waals surface area contributed by atoms with Gasteiger partial charge in [0.15, 0.2) is 11.6 Å². The molecule has 0 aliphatic heterocycles. The van der Waals surface area contributed by atoms with Gasteiger partial charge in [0.1, 0.15) is 0 Å². The highest BCUT2D eigenvalue weighted by molar-refractivity contribution is 5.52. The van der Waals surface area contributed by atoms with Gasteiger partial charge in [0.2, 0.25) is 5.89 Å². The Labute approximate surface area is 114 Å². The third-order valence-corrected chi connectivity index (χ3v) is 2.42. The number of halogens is 2. The molecular formula is C12H14F2N4O2. The second-order valence-corrected chi connectivity index (χ2v) is 3.90. The average Bonchev–Trinajstić information content (AvgIpc) is 2.88. The number of rotatable bonds is 7. The largest absolute Gasteiger partial charge is 0.406 e. The lowest BCUT2D eigenvalue weighted by molar-refractivity contribution is 0.198. The van der Waals surface area contributed by atoms with Gasteiger partial charge in [-0.2, -0.15) is 0 Å². The smallest absolute Gasteiger partial charge is 0.320 e. The number of nitrogens with zero attached hydrogens (tertiary/aromatic N) is 2. The highest BCUT2D eigenvalue weighted by atomic mass is 19.2. The van der Waals surface area contributed by atoms with E-state index in [0.717, 1.165) is 6.07 Å². The van der Waals surface area contributed by atoms with Gasteiger partial charge < -0.3 is 19.8 Å². The standard InChI is InChI=1S/C12H14F2N4O2/c1-19-6-5-15-7-10-17-18-12(20-10)16-9-4-2-3-8(13)11(9)14/h2-4,15H,5-7H2,1H3,(H,16,18). The first-order chi connectivity index (χ1) is 9.70. The Hall–Kier alpha value is -2.06. The van der Waals surface area contributed by atoms with Gasteiger partial charge in [-0.05, 0) is 12.1 Å². The fourth-order valence-corrected chi connectivity index (χ4v) is 1.46. The summed E-state index contributed by atoms with van der Waals surface area (Å²) in [5.41, 5.74) is -0.0625. The van der Waals surface area contributed by atoms with E-state index in [1.165, 1.54) is 12.1 Å². The summed E-state index contributed by atoms with van der Waals surface area (Å²) in [6.07, 6.45) is 0. The molecule has 0 spiro atoms. The Morgan fingerprint density at radius 3 is 2.95 bits per heavy atom. The first-order valence-corrected chi connectivity index (χ1v) is 5.94. The van der Waals surface area contributed by atoms with Crippen molar-refractivity contribution >= 4 is 11.7 Å². The van der Waals surface area contributed by atoms with Crippen molar-refractivity contribution in [2.75, 3.05) is 25.6 Å². The van der Waals surface area contributed by atoms with Crippen molar-refractivity contribution in [2.24, 2.45) is 0 Å². The minimum absolute atomic E-state index is 0.00181. The Morgan fingerprint density at radius 1 is 1.30 bits per heavy atom. The second kappa shape index (κ2) is 6.92. The number of anilines is 2. The summed E-state index contributed by atoms with van der Waals surface area (Å²) in [5, 5.41) is 13.0. The zero-order chi connectivity index (χ0) is 14.4. The fraction of sp³-hybridized carbons (Fsp3) is 0.333. The Kier molecular flexibility index (Phi) is 4.97. The molecule has 0 bridgehead atoms. The molecule has 0 saturated carbocycles. The molecule has 1 aromatic carbocycles. The summed E-state index contributed by atoms with van der Waals surface area (Å²) >= 11 is 0. The third-order valence-electron chi connectivity index (χ3n) is 2.42. The molecular weight excluding hydrogens is 270 g/mol. The van der Waals surface area contributed by atoms with E-state index in [2.05, 4.69) is 20.8 Å². The second-order valence-electron chi connectivity index (χ2n) is 3.90. The molecule has 0 radical (unpaired) electrons. The fourth-order valence-electron chi connectivity index (χ4n) is 1.46. The number of benzene rings is 1. The monoisotopic (exact) mass is 284 g/mol. The van der Waals surface area contributed by atoms with Crippen molar-refractivity contribution in [3.05, 3.63) is 35.7 Å². The van der Waals surface area contributed by atoms with Crippen LogP contribution in [-0.2, 0) is 11.3 Å². The van der Waals surface area contributed by atoms with Crippen LogP contribution < -0.4 is 10.6 Å². The van der Waals surface area contributed by atoms with Crippen LogP contribution in [0.4, 0.5) is 20.5 Å². The predicted molar refractivity (Wildman–Crippen MR) is 67.5 cm³/mol. The minimum Gasteiger partial charge on any atom is -0.406 e. The molecule has 0 amide bonds. The van der Waals surface area contributed by atoms with E-state index in [1.807, 2.05) is 0 Å². The summed E-state index contributed by atoms with van der Waals surface area (Å²) in [5.74, 6) is -1.61. The van der Waals surface area contributed by atoms with Gasteiger partial charge in [0.05, 0.1) is 18.8 Å². The van der Waals surface area contributed by atoms with Crippen LogP contribution in [0.25, 0.3) is 0 Å². The maximum atomic E-state index is 13.4. The number of aromatic nitrogens is 2. The van der Waals surface area contributed by atoms with Crippen LogP contribution in [0.15, 0.2) is 22.6 Å². The molecule has 0 aliphatic carbocycles. The molecule has 108 valence electrons. The van der Waals surface area contributed by atoms with Crippen molar-refractivity contribution in [1.29, 1.82) is 0 Å². The van der Waals surface area contributed by atoms with Crippen molar-refractivity contribution in [2.45, 2.75) is 6.54 Å². The van der Waals surface area contributed by atoms with Crippen LogP contribution in [0.5, 0.6) is 0 Å². The normalized spacial score (nSPS) is 10.8. The molecule has 1 heterocycles. The molecule has 2 aromatic rings. The van der Waals surface area contributed by atoms with E-state index in [1.54, 1.807) is 7.11 Å². The minimum atomic E-state index is -0.995. The zero-order valence-corrected chi connectivity index (χ0v) is 10.8. The maximum absolute atomic E-state index is 13.4. The zero-order valence-electron chi connectivity index (χ0n) is 10.8. The lowest BCUT2D eigenvalue weighted by atomic mass is 10.3. The lowest BCUT2D eigenvalue weighted by Crippen LogP contribution is -2.18. The van der Waals surface area contributed by atoms with E-state index in [4.69, 9.17) is 9.15 Å². The molecule has 0 unspecified atom stereocenters. The topological polar surface area (TPSA) is 72.2 Å². The summed E-state index contributed by atoms with van der Waals surface area (Å²) in [7, 11) is 1.60. The van der Waals surface area contributed by atoms with E-state index >= 15 is 0 Å². The van der Waals surface area contributed by atoms with Crippen molar-refractivity contribution in [1.82, 2.24) is 15.5 Å². The van der Waals surface area contributed by atoms with Gasteiger partial charge in [0.25, 0.3) is 0 Å². The van der Waals surface area contributed by atoms with Gasteiger partial charge in [0, 0.05) is 13.7 Å². The number of methoxy groups -OCH3 is 1. The van der Waals surface area contributed by atoms with Crippen LogP contribution in [0.1, 0.15) is 5.89 Å². The lowest BCUT2D eigenvalue weighted by Gasteiger charge is -2.03. The van der Waals surface area contributed by atoms with Crippen molar-refractivity contribution in [3.8, 4) is 0 Å². The van der Waals surface area contributed by atoms with Crippen LogP contribution in [0, 0.1) is 11.6 Å². The van der Waals surface area contributed by atoms with Crippen LogP contribution in [0.2, 0.25) is 0 Å². The molecule has 0 atom stereocenters. The van der Waals surface area contributed by atoms with Gasteiger partial charge in [-0.15, -0.1) is 5.10 Å². The Balaban J connectivity index is 1.94. The molecule has 2 N–H and O–H groups in total. The number of hydrogen-bond acceptors (Lipinski definition) is 6. The molecule has 20 heavy (non-hydrogen) atoms. The van der Waals surface area contributed by atoms with Gasteiger partial charge in [-0.3, -0.25) is 0 Å². The van der Waals surface area contributed by atoms with E-state index in [0.29, 0.717) is 25.6 Å². The first-order valence-electron chi connectivity index (χ1n) is 5.94. The van der Waals surface area contributed by atoms with Gasteiger partial charge in [-0.25, -0.2) is 8.78 Å². The Bertz CT molecular complexity index is 562. The SMILES string of the molecule is COCCNCc1nnc(Nc2cccc(F)c2F)o1. The van der Waals surface area contributed by atoms with Gasteiger partial charge in [-0.1, -0.05) is 11.2 Å². The van der Waals surface area contributed by atoms with E-state index in [9.17, 15) is 8.78 Å². The molecule has 0 saturated heterocycles. The highest BCUT2D eigenvalue weighted by Gasteiger charge is 2.11. The molecule has 0 aliphatic rings. The van der Waals surface area contributed by atoms with E-state index in [-0.39, 0.29) is 11.7 Å². The average molecular weight is 284 g/mol. The summed E-state index contributed by atoms with van der Waals surface area (Å²) in [6, 6.07) is 3.78. The quantitative estimate of drug-likeness (QED) is 0.756. The molecule has 8 heteroatoms. The molecule has 0 fully saturated rings. The van der Waals surface area contributed by atoms with Crippen molar-refractivity contribution < 1.29 is 17.9 Å². The van der Waals surface area contributed by atoms with E-state index < -0.39 is 11.6 Å². The number of ether oxygens (including phenoxy) is 1. The summed E-state index contributed by atoms with van der Waals surface area (Å²) < 4.78 is 36.6. The van der Waals surface area contributed by atoms with Crippen LogP contribution >= 0.6 is 0 Å². The Morgan fingerprint density at radius 2 is 2.15 bits per heavy atom. The molecule has 2 rings (SSSR count). The maximum Gasteiger partial charge on any atom is 0.320 e. The van der Waals surface area contributed by atoms with Gasteiger partial charge >= 0.3 is 6.01 Å². The summed E-state index contributed by atoms with van der Waals surface area (Å²) in [4.78, 5) is 0.